The second kappa shape index (κ2) is 7.82. The second-order valence-electron chi connectivity index (χ2n) is 6.56. The molecule has 1 aliphatic carbocycles. The lowest BCUT2D eigenvalue weighted by Gasteiger charge is -2.18. The van der Waals surface area contributed by atoms with Crippen LogP contribution in [0.1, 0.15) is 28.5 Å². The fraction of sp³-hybridized carbons (Fsp3) is 0.300. The highest BCUT2D eigenvalue weighted by Crippen LogP contribution is 2.35. The van der Waals surface area contributed by atoms with Crippen LogP contribution in [0.5, 0.6) is 5.75 Å². The summed E-state index contributed by atoms with van der Waals surface area (Å²) in [6, 6.07) is 5.67. The van der Waals surface area contributed by atoms with Crippen LogP contribution >= 0.6 is 15.9 Å². The number of hydrogen-bond donors (Lipinski definition) is 1. The molecular weight excluding hydrogens is 438 g/mol. The summed E-state index contributed by atoms with van der Waals surface area (Å²) in [6.07, 6.45) is 3.25. The second-order valence-corrected chi connectivity index (χ2v) is 7.47. The van der Waals surface area contributed by atoms with Crippen LogP contribution in [-0.4, -0.2) is 39.4 Å². The molecule has 0 amide bonds. The molecule has 0 saturated heterocycles. The number of methoxy groups -OCH3 is 1. The third-order valence-electron chi connectivity index (χ3n) is 4.76. The lowest BCUT2D eigenvalue weighted by atomic mass is 9.93. The first kappa shape index (κ1) is 19.4. The van der Waals surface area contributed by atoms with Gasteiger partial charge in [-0.15, -0.1) is 0 Å². The van der Waals surface area contributed by atoms with Crippen molar-refractivity contribution in [2.75, 3.05) is 19.0 Å². The molecule has 2 heterocycles. The van der Waals surface area contributed by atoms with Crippen molar-refractivity contribution >= 4 is 33.5 Å². The summed E-state index contributed by atoms with van der Waals surface area (Å²) in [7, 11) is 3.42. The van der Waals surface area contributed by atoms with E-state index in [1.807, 2.05) is 31.4 Å². The number of nitrogens with one attached hydrogen (secondary N) is 1. The van der Waals surface area contributed by atoms with Crippen LogP contribution < -0.4 is 10.1 Å². The van der Waals surface area contributed by atoms with Gasteiger partial charge in [0.25, 0.3) is 0 Å². The summed E-state index contributed by atoms with van der Waals surface area (Å²) in [6.45, 7) is 2.09. The van der Waals surface area contributed by atoms with Crippen LogP contribution in [0.25, 0.3) is 11.4 Å². The minimum Gasteiger partial charge on any atom is -0.495 e. The molecular formula is C20H20BrN5O3. The number of halogens is 1. The number of carbonyl (C=O) groups excluding carboxylic acids is 1. The maximum absolute atomic E-state index is 12.3. The van der Waals surface area contributed by atoms with Crippen LogP contribution in [0.15, 0.2) is 28.9 Å². The highest BCUT2D eigenvalue weighted by atomic mass is 79.9. The van der Waals surface area contributed by atoms with Crippen LogP contribution in [-0.2, 0) is 24.6 Å². The number of rotatable bonds is 5. The molecule has 2 aromatic heterocycles. The van der Waals surface area contributed by atoms with Crippen LogP contribution in [0, 0.1) is 0 Å². The normalized spacial score (nSPS) is 12.1. The van der Waals surface area contributed by atoms with E-state index in [4.69, 9.17) is 14.5 Å². The molecule has 150 valence electrons. The molecule has 0 fully saturated rings. The Labute approximate surface area is 176 Å². The van der Waals surface area contributed by atoms with E-state index in [1.165, 1.54) is 0 Å². The van der Waals surface area contributed by atoms with Gasteiger partial charge in [-0.05, 0) is 43.5 Å². The summed E-state index contributed by atoms with van der Waals surface area (Å²) in [5, 5.41) is 7.61. The van der Waals surface area contributed by atoms with E-state index in [2.05, 4.69) is 31.3 Å². The van der Waals surface area contributed by atoms with Crippen molar-refractivity contribution in [3.63, 3.8) is 0 Å². The van der Waals surface area contributed by atoms with Crippen LogP contribution in [0.4, 0.5) is 11.6 Å². The Balaban J connectivity index is 1.73. The highest BCUT2D eigenvalue weighted by Gasteiger charge is 2.29. The fourth-order valence-corrected chi connectivity index (χ4v) is 3.81. The largest absolute Gasteiger partial charge is 0.495 e. The fourth-order valence-electron chi connectivity index (χ4n) is 3.47. The van der Waals surface area contributed by atoms with E-state index in [1.54, 1.807) is 18.7 Å². The SMILES string of the molecule is CCOC(=O)c1nn(C)c2c1CCc1cnc(Nc3ccc(Br)cc3OC)nc1-2. The zero-order chi connectivity index (χ0) is 20.5. The molecule has 1 aromatic carbocycles. The van der Waals surface area contributed by atoms with Crippen molar-refractivity contribution in [2.24, 2.45) is 7.05 Å². The number of carbonyl (C=O) groups is 1. The van der Waals surface area contributed by atoms with Crippen molar-refractivity contribution < 1.29 is 14.3 Å². The molecule has 4 rings (SSSR count). The van der Waals surface area contributed by atoms with Gasteiger partial charge in [0.2, 0.25) is 5.95 Å². The van der Waals surface area contributed by atoms with E-state index >= 15 is 0 Å². The minimum absolute atomic E-state index is 0.312. The predicted molar refractivity (Wildman–Crippen MR) is 112 cm³/mol. The quantitative estimate of drug-likeness (QED) is 0.584. The van der Waals surface area contributed by atoms with Crippen LogP contribution in [0.3, 0.4) is 0 Å². The van der Waals surface area contributed by atoms with E-state index in [0.717, 1.165) is 39.1 Å². The lowest BCUT2D eigenvalue weighted by Crippen LogP contribution is -2.12. The smallest absolute Gasteiger partial charge is 0.359 e. The standard InChI is InChI=1S/C20H20BrN5O3/c1-4-29-19(27)17-13-7-5-11-10-22-20(24-16(11)18(13)26(2)25-17)23-14-8-6-12(21)9-15(14)28-3/h6,8-10H,4-5,7H2,1-3H3,(H,22,23,24). The number of fused-ring (bicyclic) bond motifs is 3. The summed E-state index contributed by atoms with van der Waals surface area (Å²) < 4.78 is 13.2. The van der Waals surface area contributed by atoms with Gasteiger partial charge < -0.3 is 14.8 Å². The van der Waals surface area contributed by atoms with Gasteiger partial charge in [0, 0.05) is 23.3 Å². The molecule has 0 spiro atoms. The van der Waals surface area contributed by atoms with E-state index in [0.29, 0.717) is 30.4 Å². The number of aryl methyl sites for hydroxylation is 2. The van der Waals surface area contributed by atoms with Gasteiger partial charge in [0.05, 0.1) is 30.8 Å². The molecule has 0 atom stereocenters. The first-order chi connectivity index (χ1) is 14.0. The molecule has 29 heavy (non-hydrogen) atoms. The number of anilines is 2. The molecule has 0 aliphatic heterocycles. The average Bonchev–Trinajstić information content (AvgIpc) is 3.06. The van der Waals surface area contributed by atoms with Gasteiger partial charge in [-0.2, -0.15) is 5.10 Å². The monoisotopic (exact) mass is 457 g/mol. The summed E-state index contributed by atoms with van der Waals surface area (Å²) in [4.78, 5) is 21.5. The maximum Gasteiger partial charge on any atom is 0.359 e. The van der Waals surface area contributed by atoms with Gasteiger partial charge in [-0.3, -0.25) is 4.68 Å². The Morgan fingerprint density at radius 3 is 2.93 bits per heavy atom. The highest BCUT2D eigenvalue weighted by molar-refractivity contribution is 9.10. The molecule has 0 bridgehead atoms. The molecule has 1 N–H and O–H groups in total. The molecule has 0 saturated carbocycles. The van der Waals surface area contributed by atoms with Crippen molar-refractivity contribution in [2.45, 2.75) is 19.8 Å². The Bertz CT molecular complexity index is 1100. The van der Waals surface area contributed by atoms with Gasteiger partial charge in [-0.25, -0.2) is 14.8 Å². The zero-order valence-corrected chi connectivity index (χ0v) is 17.9. The average molecular weight is 458 g/mol. The lowest BCUT2D eigenvalue weighted by molar-refractivity contribution is 0.0517. The van der Waals surface area contributed by atoms with Crippen molar-refractivity contribution in [1.29, 1.82) is 0 Å². The Morgan fingerprint density at radius 1 is 1.34 bits per heavy atom. The molecule has 8 nitrogen and oxygen atoms in total. The van der Waals surface area contributed by atoms with E-state index in [-0.39, 0.29) is 0 Å². The predicted octanol–water partition coefficient (Wildman–Crippen LogP) is 3.67. The van der Waals surface area contributed by atoms with Gasteiger partial charge >= 0.3 is 5.97 Å². The first-order valence-electron chi connectivity index (χ1n) is 9.21. The van der Waals surface area contributed by atoms with Gasteiger partial charge in [-0.1, -0.05) is 15.9 Å². The first-order valence-corrected chi connectivity index (χ1v) is 10.0. The topological polar surface area (TPSA) is 91.2 Å². The number of aromatic nitrogens is 4. The Morgan fingerprint density at radius 2 is 2.17 bits per heavy atom. The van der Waals surface area contributed by atoms with E-state index in [9.17, 15) is 4.79 Å². The van der Waals surface area contributed by atoms with Crippen LogP contribution in [0.2, 0.25) is 0 Å². The number of benzene rings is 1. The third-order valence-corrected chi connectivity index (χ3v) is 5.25. The van der Waals surface area contributed by atoms with Gasteiger partial charge in [0.15, 0.2) is 5.69 Å². The van der Waals surface area contributed by atoms with Gasteiger partial charge in [0.1, 0.15) is 5.75 Å². The minimum atomic E-state index is -0.403. The van der Waals surface area contributed by atoms with Crippen molar-refractivity contribution in [3.05, 3.63) is 45.7 Å². The summed E-state index contributed by atoms with van der Waals surface area (Å²) in [5.74, 6) is 0.711. The van der Waals surface area contributed by atoms with Crippen molar-refractivity contribution in [3.8, 4) is 17.1 Å². The zero-order valence-electron chi connectivity index (χ0n) is 16.3. The number of ether oxygens (including phenoxy) is 2. The molecule has 0 radical (unpaired) electrons. The number of esters is 1. The Hall–Kier alpha value is -2.94. The molecule has 9 heteroatoms. The maximum atomic E-state index is 12.3. The molecule has 3 aromatic rings. The molecule has 1 aliphatic rings. The van der Waals surface area contributed by atoms with E-state index < -0.39 is 5.97 Å². The van der Waals surface area contributed by atoms with Crippen molar-refractivity contribution in [1.82, 2.24) is 19.7 Å². The molecule has 0 unspecified atom stereocenters. The Kier molecular flexibility index (Phi) is 5.23. The third kappa shape index (κ3) is 3.57. The summed E-state index contributed by atoms with van der Waals surface area (Å²) in [5.41, 5.74) is 4.59. The number of nitrogens with zero attached hydrogens (tertiary/aromatic N) is 4. The summed E-state index contributed by atoms with van der Waals surface area (Å²) >= 11 is 3.44. The number of hydrogen-bond acceptors (Lipinski definition) is 7.